The van der Waals surface area contributed by atoms with Gasteiger partial charge in [-0.05, 0) is 38.5 Å². The van der Waals surface area contributed by atoms with E-state index in [-0.39, 0.29) is 18.6 Å². The summed E-state index contributed by atoms with van der Waals surface area (Å²) in [5.41, 5.74) is 0. The number of carboxylic acid groups (broad SMARTS) is 1. The van der Waals surface area contributed by atoms with E-state index in [1.54, 1.807) is 6.08 Å². The molecule has 0 aromatic rings. The van der Waals surface area contributed by atoms with E-state index in [1.807, 2.05) is 6.08 Å². The first-order valence-corrected chi connectivity index (χ1v) is 9.17. The molecular formula is C20H32O4. The number of aliphatic carboxylic acids is 1. The molecule has 1 aliphatic heterocycles. The third-order valence-corrected chi connectivity index (χ3v) is 4.02. The molecule has 1 aliphatic rings. The third kappa shape index (κ3) is 10.4. The Labute approximate surface area is 145 Å². The Kier molecular flexibility index (Phi) is 11.2. The number of allylic oxidation sites excluding steroid dienone is 5. The lowest BCUT2D eigenvalue weighted by molar-refractivity contribution is -0.137. The Bertz CT molecular complexity index is 425. The minimum absolute atomic E-state index is 0.0115. The second-order valence-electron chi connectivity index (χ2n) is 6.25. The Balaban J connectivity index is 2.02. The standard InChI is InChI=1S/C20H32O4/c1-2-3-4-5-6-7-8-9-10-11-12-14-17(21)20-18(24-20)15-13-16-19(22)23/h6-7,9-10,12,14,17-18,20-21H,2-5,8,11,13,15-16H2,1H3,(H,22,23)/b7-6-,10-9-,14-12-. The van der Waals surface area contributed by atoms with E-state index in [9.17, 15) is 9.90 Å². The highest BCUT2D eigenvalue weighted by molar-refractivity contribution is 5.66. The van der Waals surface area contributed by atoms with E-state index >= 15 is 0 Å². The van der Waals surface area contributed by atoms with Crippen LogP contribution in [-0.2, 0) is 9.53 Å². The molecule has 3 atom stereocenters. The normalized spacial score (nSPS) is 21.9. The molecule has 3 unspecified atom stereocenters. The molecule has 0 spiro atoms. The number of aliphatic hydroxyl groups excluding tert-OH is 1. The van der Waals surface area contributed by atoms with Crippen molar-refractivity contribution < 1.29 is 19.7 Å². The molecule has 2 N–H and O–H groups in total. The zero-order valence-electron chi connectivity index (χ0n) is 14.8. The van der Waals surface area contributed by atoms with Crippen LogP contribution in [0.2, 0.25) is 0 Å². The van der Waals surface area contributed by atoms with E-state index in [0.29, 0.717) is 12.8 Å². The molecule has 1 saturated heterocycles. The highest BCUT2D eigenvalue weighted by atomic mass is 16.6. The van der Waals surface area contributed by atoms with Gasteiger partial charge in [-0.3, -0.25) is 4.79 Å². The molecule has 24 heavy (non-hydrogen) atoms. The quantitative estimate of drug-likeness (QED) is 0.280. The number of rotatable bonds is 14. The maximum Gasteiger partial charge on any atom is 0.303 e. The van der Waals surface area contributed by atoms with E-state index < -0.39 is 12.1 Å². The second kappa shape index (κ2) is 13.0. The van der Waals surface area contributed by atoms with Gasteiger partial charge in [0.2, 0.25) is 0 Å². The summed E-state index contributed by atoms with van der Waals surface area (Å²) in [4.78, 5) is 10.4. The fourth-order valence-electron chi connectivity index (χ4n) is 2.55. The van der Waals surface area contributed by atoms with E-state index in [0.717, 1.165) is 12.8 Å². The van der Waals surface area contributed by atoms with Crippen molar-refractivity contribution in [2.45, 2.75) is 83.0 Å². The minimum atomic E-state index is -0.782. The second-order valence-corrected chi connectivity index (χ2v) is 6.25. The predicted molar refractivity (Wildman–Crippen MR) is 97.0 cm³/mol. The van der Waals surface area contributed by atoms with Crippen molar-refractivity contribution in [3.8, 4) is 0 Å². The van der Waals surface area contributed by atoms with E-state index in [1.165, 1.54) is 25.7 Å². The molecule has 0 radical (unpaired) electrons. The fourth-order valence-corrected chi connectivity index (χ4v) is 2.55. The van der Waals surface area contributed by atoms with Gasteiger partial charge < -0.3 is 14.9 Å². The van der Waals surface area contributed by atoms with Gasteiger partial charge in [0, 0.05) is 6.42 Å². The average Bonchev–Trinajstić information content (AvgIpc) is 3.31. The number of hydrogen-bond acceptors (Lipinski definition) is 3. The summed E-state index contributed by atoms with van der Waals surface area (Å²) in [7, 11) is 0. The molecule has 0 saturated carbocycles. The summed E-state index contributed by atoms with van der Waals surface area (Å²) in [5, 5.41) is 18.5. The topological polar surface area (TPSA) is 70.1 Å². The lowest BCUT2D eigenvalue weighted by Gasteiger charge is -1.99. The van der Waals surface area contributed by atoms with Gasteiger partial charge in [-0.25, -0.2) is 0 Å². The molecule has 0 aromatic carbocycles. The van der Waals surface area contributed by atoms with E-state index in [4.69, 9.17) is 9.84 Å². The Morgan fingerprint density at radius 2 is 1.79 bits per heavy atom. The number of aliphatic hydroxyl groups is 1. The molecule has 0 amide bonds. The van der Waals surface area contributed by atoms with Crippen LogP contribution in [0.4, 0.5) is 0 Å². The first kappa shape index (κ1) is 20.7. The molecule has 0 bridgehead atoms. The fraction of sp³-hybridized carbons (Fsp3) is 0.650. The van der Waals surface area contributed by atoms with Crippen LogP contribution in [-0.4, -0.2) is 34.5 Å². The summed E-state index contributed by atoms with van der Waals surface area (Å²) < 4.78 is 5.39. The lowest BCUT2D eigenvalue weighted by atomic mass is 10.1. The zero-order valence-corrected chi connectivity index (χ0v) is 14.8. The monoisotopic (exact) mass is 336 g/mol. The highest BCUT2D eigenvalue weighted by Crippen LogP contribution is 2.30. The van der Waals surface area contributed by atoms with Crippen LogP contribution in [0.1, 0.15) is 64.7 Å². The zero-order chi connectivity index (χ0) is 17.6. The maximum atomic E-state index is 10.4. The van der Waals surface area contributed by atoms with Crippen LogP contribution in [0.5, 0.6) is 0 Å². The van der Waals surface area contributed by atoms with Crippen molar-refractivity contribution >= 4 is 5.97 Å². The molecule has 4 nitrogen and oxygen atoms in total. The van der Waals surface area contributed by atoms with Gasteiger partial charge >= 0.3 is 5.97 Å². The van der Waals surface area contributed by atoms with Crippen molar-refractivity contribution in [3.05, 3.63) is 36.5 Å². The summed E-state index contributed by atoms with van der Waals surface area (Å²) >= 11 is 0. The summed E-state index contributed by atoms with van der Waals surface area (Å²) in [5.74, 6) is -0.782. The minimum Gasteiger partial charge on any atom is -0.481 e. The van der Waals surface area contributed by atoms with Gasteiger partial charge in [0.1, 0.15) is 12.2 Å². The Morgan fingerprint density at radius 1 is 1.08 bits per heavy atom. The van der Waals surface area contributed by atoms with Crippen LogP contribution in [0.15, 0.2) is 36.5 Å². The van der Waals surface area contributed by atoms with Crippen LogP contribution < -0.4 is 0 Å². The number of hydrogen-bond donors (Lipinski definition) is 2. The number of carbonyl (C=O) groups is 1. The third-order valence-electron chi connectivity index (χ3n) is 4.02. The molecule has 4 heteroatoms. The number of carboxylic acids is 1. The van der Waals surface area contributed by atoms with Gasteiger partial charge in [0.25, 0.3) is 0 Å². The van der Waals surface area contributed by atoms with Crippen molar-refractivity contribution in [1.82, 2.24) is 0 Å². The Morgan fingerprint density at radius 3 is 2.50 bits per heavy atom. The summed E-state index contributed by atoms with van der Waals surface area (Å²) in [6.07, 6.45) is 19.9. The lowest BCUT2D eigenvalue weighted by Crippen LogP contribution is -2.13. The molecule has 1 rings (SSSR count). The van der Waals surface area contributed by atoms with Gasteiger partial charge in [-0.15, -0.1) is 0 Å². The van der Waals surface area contributed by atoms with Crippen LogP contribution in [0.25, 0.3) is 0 Å². The van der Waals surface area contributed by atoms with Crippen LogP contribution in [0, 0.1) is 0 Å². The molecule has 1 heterocycles. The van der Waals surface area contributed by atoms with Gasteiger partial charge in [0.15, 0.2) is 0 Å². The summed E-state index contributed by atoms with van der Waals surface area (Å²) in [6, 6.07) is 0. The van der Waals surface area contributed by atoms with Crippen LogP contribution >= 0.6 is 0 Å². The van der Waals surface area contributed by atoms with Crippen molar-refractivity contribution in [3.63, 3.8) is 0 Å². The van der Waals surface area contributed by atoms with Gasteiger partial charge in [-0.1, -0.05) is 56.2 Å². The van der Waals surface area contributed by atoms with E-state index in [2.05, 4.69) is 31.2 Å². The number of ether oxygens (including phenoxy) is 1. The molecular weight excluding hydrogens is 304 g/mol. The first-order chi connectivity index (χ1) is 11.6. The van der Waals surface area contributed by atoms with Crippen molar-refractivity contribution in [2.75, 3.05) is 0 Å². The maximum absolute atomic E-state index is 10.4. The van der Waals surface area contributed by atoms with Crippen molar-refractivity contribution in [2.24, 2.45) is 0 Å². The smallest absolute Gasteiger partial charge is 0.303 e. The number of epoxide rings is 1. The average molecular weight is 336 g/mol. The molecule has 136 valence electrons. The largest absolute Gasteiger partial charge is 0.481 e. The predicted octanol–water partition coefficient (Wildman–Crippen LogP) is 4.40. The number of unbranched alkanes of at least 4 members (excludes halogenated alkanes) is 3. The Hall–Kier alpha value is -1.39. The molecule has 1 fully saturated rings. The summed E-state index contributed by atoms with van der Waals surface area (Å²) in [6.45, 7) is 2.21. The highest BCUT2D eigenvalue weighted by Gasteiger charge is 2.42. The molecule has 0 aromatic heterocycles. The van der Waals surface area contributed by atoms with Crippen LogP contribution in [0.3, 0.4) is 0 Å². The van der Waals surface area contributed by atoms with Crippen molar-refractivity contribution in [1.29, 1.82) is 0 Å². The SMILES string of the molecule is CCCCC/C=C\C/C=C\C/C=C\C(O)C1OC1CCCC(=O)O. The van der Waals surface area contributed by atoms with Gasteiger partial charge in [-0.2, -0.15) is 0 Å². The first-order valence-electron chi connectivity index (χ1n) is 9.17. The van der Waals surface area contributed by atoms with Gasteiger partial charge in [0.05, 0.1) is 6.10 Å². The molecule has 0 aliphatic carbocycles.